The van der Waals surface area contributed by atoms with E-state index >= 15 is 0 Å². The van der Waals surface area contributed by atoms with Gasteiger partial charge in [0.05, 0.1) is 23.3 Å². The first-order chi connectivity index (χ1) is 13.9. The standard InChI is InChI=1S/C19H23N3O5S2/c1-13-16(18(25)22-19(26)20-13)7-8-17(24)21-15(9-23)11-29(27)12-28-10-14-5-3-2-4-6-14/h2-8,15,23H,9-12H2,1H3,(H,21,24)(H2,20,22,25,26)/b8-7+. The largest absolute Gasteiger partial charge is 0.394 e. The molecule has 1 heterocycles. The number of hydrogen-bond donors (Lipinski definition) is 4. The number of rotatable bonds is 10. The molecule has 29 heavy (non-hydrogen) atoms. The SMILES string of the molecule is Cc1[nH]c(=O)[nH]c(=O)c1/C=C/C(=O)NC(CO)CS(=O)CSCc1ccccc1. The Morgan fingerprint density at radius 1 is 1.28 bits per heavy atom. The van der Waals surface area contributed by atoms with Gasteiger partial charge in [-0.1, -0.05) is 30.3 Å². The van der Waals surface area contributed by atoms with Crippen LogP contribution in [0.4, 0.5) is 0 Å². The van der Waals surface area contributed by atoms with E-state index < -0.39 is 34.0 Å². The fraction of sp³-hybridized carbons (Fsp3) is 0.316. The number of H-pyrrole nitrogens is 2. The maximum atomic E-state index is 12.2. The summed E-state index contributed by atoms with van der Waals surface area (Å²) < 4.78 is 12.2. The number of nitrogens with one attached hydrogen (secondary N) is 3. The summed E-state index contributed by atoms with van der Waals surface area (Å²) in [5.41, 5.74) is 0.394. The molecular formula is C19H23N3O5S2. The Kier molecular flexibility index (Phi) is 9.10. The minimum atomic E-state index is -1.22. The summed E-state index contributed by atoms with van der Waals surface area (Å²) in [6.45, 7) is 1.19. The van der Waals surface area contributed by atoms with Gasteiger partial charge in [0, 0.05) is 34.1 Å². The zero-order valence-electron chi connectivity index (χ0n) is 15.8. The Balaban J connectivity index is 1.84. The summed E-state index contributed by atoms with van der Waals surface area (Å²) >= 11 is 1.52. The average Bonchev–Trinajstić information content (AvgIpc) is 2.67. The van der Waals surface area contributed by atoms with Crippen LogP contribution in [0.1, 0.15) is 16.8 Å². The zero-order chi connectivity index (χ0) is 21.2. The van der Waals surface area contributed by atoms with Gasteiger partial charge < -0.3 is 15.4 Å². The lowest BCUT2D eigenvalue weighted by atomic mass is 10.2. The molecule has 1 amide bonds. The van der Waals surface area contributed by atoms with Crippen molar-refractivity contribution in [2.75, 3.05) is 17.4 Å². The predicted octanol–water partition coefficient (Wildman–Crippen LogP) is 0.502. The summed E-state index contributed by atoms with van der Waals surface area (Å²) in [4.78, 5) is 39.5. The van der Waals surface area contributed by atoms with Gasteiger partial charge in [0.1, 0.15) is 0 Å². The van der Waals surface area contributed by atoms with E-state index in [0.717, 1.165) is 17.4 Å². The topological polar surface area (TPSA) is 132 Å². The lowest BCUT2D eigenvalue weighted by Crippen LogP contribution is -2.40. The van der Waals surface area contributed by atoms with Crippen molar-refractivity contribution < 1.29 is 14.1 Å². The normalized spacial score (nSPS) is 13.3. The molecule has 156 valence electrons. The van der Waals surface area contributed by atoms with Crippen molar-refractivity contribution in [3.8, 4) is 0 Å². The zero-order valence-corrected chi connectivity index (χ0v) is 17.5. The lowest BCUT2D eigenvalue weighted by Gasteiger charge is -2.14. The summed E-state index contributed by atoms with van der Waals surface area (Å²) in [7, 11) is -1.22. The number of carbonyl (C=O) groups is 1. The monoisotopic (exact) mass is 437 g/mol. The molecule has 0 aliphatic rings. The molecule has 4 N–H and O–H groups in total. The highest BCUT2D eigenvalue weighted by atomic mass is 32.2. The third-order valence-corrected chi connectivity index (χ3v) is 6.89. The van der Waals surface area contributed by atoms with Crippen LogP contribution in [0.3, 0.4) is 0 Å². The van der Waals surface area contributed by atoms with E-state index in [2.05, 4.69) is 15.3 Å². The summed E-state index contributed by atoms with van der Waals surface area (Å²) in [6, 6.07) is 9.15. The molecular weight excluding hydrogens is 414 g/mol. The average molecular weight is 438 g/mol. The number of aryl methyl sites for hydroxylation is 1. The van der Waals surface area contributed by atoms with Gasteiger partial charge in [-0.25, -0.2) is 4.79 Å². The highest BCUT2D eigenvalue weighted by Gasteiger charge is 2.14. The first-order valence-corrected chi connectivity index (χ1v) is 11.4. The van der Waals surface area contributed by atoms with Gasteiger partial charge in [0.2, 0.25) is 5.91 Å². The number of aromatic amines is 2. The molecule has 0 bridgehead atoms. The Morgan fingerprint density at radius 2 is 2.00 bits per heavy atom. The number of aliphatic hydroxyl groups is 1. The maximum absolute atomic E-state index is 12.2. The third-order valence-electron chi connectivity index (χ3n) is 3.86. The van der Waals surface area contributed by atoms with Gasteiger partial charge in [0.25, 0.3) is 5.56 Å². The van der Waals surface area contributed by atoms with Crippen LogP contribution in [-0.4, -0.2) is 48.7 Å². The number of hydrogen-bond acceptors (Lipinski definition) is 6. The molecule has 2 atom stereocenters. The van der Waals surface area contributed by atoms with Crippen molar-refractivity contribution in [2.24, 2.45) is 0 Å². The number of benzene rings is 1. The number of aliphatic hydroxyl groups excluding tert-OH is 1. The molecule has 1 aromatic heterocycles. The van der Waals surface area contributed by atoms with E-state index in [1.807, 2.05) is 30.3 Å². The van der Waals surface area contributed by atoms with Crippen LogP contribution in [0.25, 0.3) is 6.08 Å². The molecule has 0 aliphatic heterocycles. The number of thioether (sulfide) groups is 1. The predicted molar refractivity (Wildman–Crippen MR) is 116 cm³/mol. The van der Waals surface area contributed by atoms with Crippen LogP contribution >= 0.6 is 11.8 Å². The fourth-order valence-corrected chi connectivity index (χ4v) is 4.99. The molecule has 10 heteroatoms. The minimum absolute atomic E-state index is 0.121. The minimum Gasteiger partial charge on any atom is -0.394 e. The van der Waals surface area contributed by atoms with E-state index in [-0.39, 0.29) is 17.9 Å². The van der Waals surface area contributed by atoms with Gasteiger partial charge in [0.15, 0.2) is 0 Å². The fourth-order valence-electron chi connectivity index (χ4n) is 2.46. The lowest BCUT2D eigenvalue weighted by molar-refractivity contribution is -0.117. The molecule has 2 unspecified atom stereocenters. The van der Waals surface area contributed by atoms with E-state index in [1.54, 1.807) is 6.92 Å². The van der Waals surface area contributed by atoms with Crippen molar-refractivity contribution in [3.05, 3.63) is 74.1 Å². The van der Waals surface area contributed by atoms with Crippen LogP contribution in [0.5, 0.6) is 0 Å². The first-order valence-electron chi connectivity index (χ1n) is 8.78. The van der Waals surface area contributed by atoms with Crippen LogP contribution in [0, 0.1) is 6.92 Å². The molecule has 0 saturated heterocycles. The Labute approximate surface area is 174 Å². The Morgan fingerprint density at radius 3 is 2.66 bits per heavy atom. The molecule has 2 aromatic rings. The highest BCUT2D eigenvalue weighted by Crippen LogP contribution is 2.13. The van der Waals surface area contributed by atoms with Crippen LogP contribution in [0.2, 0.25) is 0 Å². The molecule has 2 rings (SSSR count). The van der Waals surface area contributed by atoms with Crippen LogP contribution in [0.15, 0.2) is 46.0 Å². The van der Waals surface area contributed by atoms with Crippen molar-refractivity contribution >= 4 is 34.5 Å². The number of amides is 1. The van der Waals surface area contributed by atoms with E-state index in [4.69, 9.17) is 0 Å². The quantitative estimate of drug-likeness (QED) is 0.400. The van der Waals surface area contributed by atoms with Crippen molar-refractivity contribution in [3.63, 3.8) is 0 Å². The molecule has 0 aliphatic carbocycles. The molecule has 0 fully saturated rings. The van der Waals surface area contributed by atoms with E-state index in [1.165, 1.54) is 17.8 Å². The summed E-state index contributed by atoms with van der Waals surface area (Å²) in [5.74, 6) is 0.317. The molecule has 8 nitrogen and oxygen atoms in total. The second-order valence-electron chi connectivity index (χ2n) is 6.23. The maximum Gasteiger partial charge on any atom is 0.325 e. The van der Waals surface area contributed by atoms with E-state index in [9.17, 15) is 23.7 Å². The number of aromatic nitrogens is 2. The molecule has 0 radical (unpaired) electrons. The third kappa shape index (κ3) is 7.84. The molecule has 0 spiro atoms. The van der Waals surface area contributed by atoms with Gasteiger partial charge in [-0.2, -0.15) is 0 Å². The summed E-state index contributed by atoms with van der Waals surface area (Å²) in [6.07, 6.45) is 2.41. The second kappa shape index (κ2) is 11.5. The van der Waals surface area contributed by atoms with E-state index in [0.29, 0.717) is 10.8 Å². The first kappa shape index (κ1) is 22.9. The highest BCUT2D eigenvalue weighted by molar-refractivity contribution is 8.09. The van der Waals surface area contributed by atoms with Gasteiger partial charge in [-0.15, -0.1) is 11.8 Å². The molecule has 1 aromatic carbocycles. The van der Waals surface area contributed by atoms with Crippen molar-refractivity contribution in [2.45, 2.75) is 18.7 Å². The van der Waals surface area contributed by atoms with Crippen LogP contribution in [-0.2, 0) is 21.3 Å². The van der Waals surface area contributed by atoms with Crippen molar-refractivity contribution in [1.29, 1.82) is 0 Å². The Hall–Kier alpha value is -2.43. The number of carbonyl (C=O) groups excluding carboxylic acids is 1. The van der Waals surface area contributed by atoms with Gasteiger partial charge in [-0.3, -0.25) is 18.8 Å². The van der Waals surface area contributed by atoms with Crippen LogP contribution < -0.4 is 16.6 Å². The summed E-state index contributed by atoms with van der Waals surface area (Å²) in [5, 5.41) is 12.4. The van der Waals surface area contributed by atoms with Gasteiger partial charge >= 0.3 is 5.69 Å². The van der Waals surface area contributed by atoms with Crippen molar-refractivity contribution in [1.82, 2.24) is 15.3 Å². The smallest absolute Gasteiger partial charge is 0.325 e. The molecule has 0 saturated carbocycles. The Bertz CT molecular complexity index is 985. The second-order valence-corrected chi connectivity index (χ2v) is 9.08. The van der Waals surface area contributed by atoms with Gasteiger partial charge in [-0.05, 0) is 18.6 Å².